The van der Waals surface area contributed by atoms with Crippen molar-refractivity contribution in [3.8, 4) is 0 Å². The quantitative estimate of drug-likeness (QED) is 0.549. The molecule has 2 N–H and O–H groups in total. The number of benzene rings is 2. The standard InChI is InChI=1S/C26H28N2O6/c1-16(18-10-6-3-7-11-18)28-14-19-12-21(28)24(30)23(19)22(29)13-20(25(31)32)27-26(33)34-15-17-8-4-2-5-9-17/h2-11,16,19-21,23H,12-15H2,1H3,(H,27,33)(H,31,32)/t16-,19+,20+,21+,23?/m1/s1. The predicted molar refractivity (Wildman–Crippen MR) is 123 cm³/mol. The average molecular weight is 465 g/mol. The molecule has 2 aromatic rings. The molecule has 8 nitrogen and oxygen atoms in total. The first kappa shape index (κ1) is 23.6. The summed E-state index contributed by atoms with van der Waals surface area (Å²) in [5, 5.41) is 11.8. The van der Waals surface area contributed by atoms with Crippen molar-refractivity contribution in [2.24, 2.45) is 11.8 Å². The fourth-order valence-electron chi connectivity index (χ4n) is 5.06. The van der Waals surface area contributed by atoms with E-state index >= 15 is 0 Å². The van der Waals surface area contributed by atoms with E-state index in [0.29, 0.717) is 13.0 Å². The number of aliphatic carboxylic acids is 1. The Kier molecular flexibility index (Phi) is 7.07. The number of likely N-dealkylation sites (tertiary alicyclic amines) is 1. The number of ether oxygens (including phenoxy) is 1. The van der Waals surface area contributed by atoms with E-state index in [2.05, 4.69) is 10.2 Å². The van der Waals surface area contributed by atoms with E-state index in [1.54, 1.807) is 24.3 Å². The zero-order valence-electron chi connectivity index (χ0n) is 18.9. The third-order valence-electron chi connectivity index (χ3n) is 6.81. The molecule has 1 aliphatic carbocycles. The van der Waals surface area contributed by atoms with Gasteiger partial charge in [-0.2, -0.15) is 0 Å². The Morgan fingerprint density at radius 1 is 1.09 bits per heavy atom. The third kappa shape index (κ3) is 5.02. The summed E-state index contributed by atoms with van der Waals surface area (Å²) in [5.74, 6) is -2.91. The van der Waals surface area contributed by atoms with Gasteiger partial charge < -0.3 is 15.2 Å². The van der Waals surface area contributed by atoms with Crippen LogP contribution in [0.3, 0.4) is 0 Å². The van der Waals surface area contributed by atoms with Crippen LogP contribution in [0.5, 0.6) is 0 Å². The zero-order chi connectivity index (χ0) is 24.2. The molecule has 4 rings (SSSR count). The topological polar surface area (TPSA) is 113 Å². The number of piperidine rings is 1. The van der Waals surface area contributed by atoms with Crippen LogP contribution in [0.4, 0.5) is 4.79 Å². The molecule has 5 atom stereocenters. The van der Waals surface area contributed by atoms with Crippen molar-refractivity contribution in [2.75, 3.05) is 6.54 Å². The molecular formula is C26H28N2O6. The summed E-state index contributed by atoms with van der Waals surface area (Å²) in [5.41, 5.74) is 1.86. The fraction of sp³-hybridized carbons (Fsp3) is 0.385. The summed E-state index contributed by atoms with van der Waals surface area (Å²) in [7, 11) is 0. The number of hydrogen-bond donors (Lipinski definition) is 2. The molecule has 1 unspecified atom stereocenters. The highest BCUT2D eigenvalue weighted by Crippen LogP contribution is 2.44. The second-order valence-electron chi connectivity index (χ2n) is 8.94. The fourth-order valence-corrected chi connectivity index (χ4v) is 5.06. The van der Waals surface area contributed by atoms with Gasteiger partial charge in [-0.25, -0.2) is 9.59 Å². The number of nitrogens with one attached hydrogen (secondary N) is 1. The van der Waals surface area contributed by atoms with Gasteiger partial charge in [0.25, 0.3) is 0 Å². The van der Waals surface area contributed by atoms with E-state index < -0.39 is 36.2 Å². The molecule has 0 radical (unpaired) electrons. The minimum absolute atomic E-state index is 0.0206. The smallest absolute Gasteiger partial charge is 0.408 e. The van der Waals surface area contributed by atoms with Crippen molar-refractivity contribution < 1.29 is 29.0 Å². The summed E-state index contributed by atoms with van der Waals surface area (Å²) in [6.07, 6.45) is -0.786. The second-order valence-corrected chi connectivity index (χ2v) is 8.94. The van der Waals surface area contributed by atoms with Crippen molar-refractivity contribution in [3.63, 3.8) is 0 Å². The lowest BCUT2D eigenvalue weighted by molar-refractivity contribution is -0.144. The maximum absolute atomic E-state index is 13.1. The Bertz CT molecular complexity index is 1060. The summed E-state index contributed by atoms with van der Waals surface area (Å²) in [6.45, 7) is 2.63. The van der Waals surface area contributed by atoms with Gasteiger partial charge >= 0.3 is 12.1 Å². The lowest BCUT2D eigenvalue weighted by Gasteiger charge is -2.34. The highest BCUT2D eigenvalue weighted by Gasteiger charge is 2.55. The molecule has 2 aliphatic rings. The summed E-state index contributed by atoms with van der Waals surface area (Å²) in [4.78, 5) is 51.9. The van der Waals surface area contributed by atoms with Crippen LogP contribution in [0.15, 0.2) is 60.7 Å². The minimum atomic E-state index is -1.46. The van der Waals surface area contributed by atoms with E-state index in [1.165, 1.54) is 0 Å². The number of ketones is 2. The number of rotatable bonds is 9. The molecule has 1 saturated heterocycles. The Morgan fingerprint density at radius 3 is 2.35 bits per heavy atom. The van der Waals surface area contributed by atoms with Crippen molar-refractivity contribution in [1.82, 2.24) is 10.2 Å². The number of alkyl carbamates (subject to hydrolysis) is 1. The van der Waals surface area contributed by atoms with Crippen LogP contribution >= 0.6 is 0 Å². The second kappa shape index (κ2) is 10.2. The number of fused-ring (bicyclic) bond motifs is 2. The molecule has 0 spiro atoms. The van der Waals surface area contributed by atoms with E-state index in [4.69, 9.17) is 4.74 Å². The van der Waals surface area contributed by atoms with Crippen LogP contribution in [0, 0.1) is 11.8 Å². The molecule has 2 bridgehead atoms. The van der Waals surface area contributed by atoms with Crippen LogP contribution < -0.4 is 5.32 Å². The van der Waals surface area contributed by atoms with Crippen molar-refractivity contribution in [3.05, 3.63) is 71.8 Å². The van der Waals surface area contributed by atoms with Crippen molar-refractivity contribution in [2.45, 2.75) is 44.5 Å². The lowest BCUT2D eigenvalue weighted by atomic mass is 9.86. The minimum Gasteiger partial charge on any atom is -0.480 e. The molecule has 0 aromatic heterocycles. The van der Waals surface area contributed by atoms with E-state index in [0.717, 1.165) is 11.1 Å². The number of amides is 1. The molecule has 8 heteroatoms. The van der Waals surface area contributed by atoms with Gasteiger partial charge in [0, 0.05) is 19.0 Å². The highest BCUT2D eigenvalue weighted by molar-refractivity contribution is 6.08. The maximum Gasteiger partial charge on any atom is 0.408 e. The Morgan fingerprint density at radius 2 is 1.74 bits per heavy atom. The highest BCUT2D eigenvalue weighted by atomic mass is 16.5. The largest absolute Gasteiger partial charge is 0.480 e. The van der Waals surface area contributed by atoms with Gasteiger partial charge in [-0.05, 0) is 30.4 Å². The maximum atomic E-state index is 13.1. The number of carboxylic acids is 1. The molecule has 1 saturated carbocycles. The van der Waals surface area contributed by atoms with Gasteiger partial charge in [-0.1, -0.05) is 60.7 Å². The van der Waals surface area contributed by atoms with Crippen LogP contribution in [0.1, 0.15) is 36.9 Å². The average Bonchev–Trinajstić information content (AvgIpc) is 3.41. The molecule has 1 heterocycles. The normalized spacial score (nSPS) is 23.3. The lowest BCUT2D eigenvalue weighted by Crippen LogP contribution is -2.48. The van der Waals surface area contributed by atoms with Crippen LogP contribution in [-0.2, 0) is 25.7 Å². The first-order valence-electron chi connectivity index (χ1n) is 11.4. The molecule has 34 heavy (non-hydrogen) atoms. The third-order valence-corrected chi connectivity index (χ3v) is 6.81. The number of carbonyl (C=O) groups excluding carboxylic acids is 3. The first-order chi connectivity index (χ1) is 16.3. The van der Waals surface area contributed by atoms with Gasteiger partial charge in [0.2, 0.25) is 0 Å². The summed E-state index contributed by atoms with van der Waals surface area (Å²) >= 11 is 0. The van der Waals surface area contributed by atoms with Gasteiger partial charge in [0.15, 0.2) is 5.78 Å². The van der Waals surface area contributed by atoms with Crippen LogP contribution in [0.2, 0.25) is 0 Å². The van der Waals surface area contributed by atoms with Crippen molar-refractivity contribution >= 4 is 23.6 Å². The van der Waals surface area contributed by atoms with Gasteiger partial charge in [0.05, 0.1) is 12.0 Å². The molecule has 2 fully saturated rings. The molecule has 178 valence electrons. The Balaban J connectivity index is 1.34. The number of nitrogens with zero attached hydrogens (tertiary/aromatic N) is 1. The molecule has 1 aliphatic heterocycles. The molecule has 1 amide bonds. The van der Waals surface area contributed by atoms with Crippen LogP contribution in [0.25, 0.3) is 0 Å². The number of Topliss-reactive ketones (excluding diaryl/α,β-unsaturated/α-hetero) is 2. The molecule has 2 aromatic carbocycles. The summed E-state index contributed by atoms with van der Waals surface area (Å²) < 4.78 is 5.07. The SMILES string of the molecule is C[C@H](c1ccccc1)N1C[C@@H]2C[C@H]1C(=O)C2C(=O)C[C@H](NC(=O)OCc1ccccc1)C(=O)O. The monoisotopic (exact) mass is 464 g/mol. The predicted octanol–water partition coefficient (Wildman–Crippen LogP) is 2.98. The van der Waals surface area contributed by atoms with Crippen LogP contribution in [-0.4, -0.2) is 52.3 Å². The zero-order valence-corrected chi connectivity index (χ0v) is 18.9. The van der Waals surface area contributed by atoms with E-state index in [-0.39, 0.29) is 30.4 Å². The summed E-state index contributed by atoms with van der Waals surface area (Å²) in [6, 6.07) is 17.1. The number of carbonyl (C=O) groups is 4. The van der Waals surface area contributed by atoms with Gasteiger partial charge in [-0.3, -0.25) is 14.5 Å². The first-order valence-corrected chi connectivity index (χ1v) is 11.4. The Hall–Kier alpha value is -3.52. The van der Waals surface area contributed by atoms with Crippen molar-refractivity contribution in [1.29, 1.82) is 0 Å². The number of carboxylic acid groups (broad SMARTS) is 1. The van der Waals surface area contributed by atoms with E-state index in [9.17, 15) is 24.3 Å². The number of hydrogen-bond acceptors (Lipinski definition) is 6. The molecular weight excluding hydrogens is 436 g/mol. The van der Waals surface area contributed by atoms with Gasteiger partial charge in [-0.15, -0.1) is 0 Å². The Labute approximate surface area is 197 Å². The van der Waals surface area contributed by atoms with Gasteiger partial charge in [0.1, 0.15) is 18.4 Å². The van der Waals surface area contributed by atoms with E-state index in [1.807, 2.05) is 43.3 Å².